The maximum atomic E-state index is 12.6. The van der Waals surface area contributed by atoms with Crippen molar-refractivity contribution in [3.63, 3.8) is 0 Å². The minimum atomic E-state index is -0.485. The molecule has 0 aliphatic carbocycles. The molecule has 1 aliphatic heterocycles. The molecular weight excluding hydrogens is 362 g/mol. The highest BCUT2D eigenvalue weighted by Gasteiger charge is 2.18. The third-order valence-corrected chi connectivity index (χ3v) is 4.54. The summed E-state index contributed by atoms with van der Waals surface area (Å²) in [4.78, 5) is 25.8. The van der Waals surface area contributed by atoms with E-state index in [0.29, 0.717) is 52.6 Å². The number of amides is 1. The number of carbonyl (C=O) groups excluding carboxylic acids is 1. The first-order valence-electron chi connectivity index (χ1n) is 8.80. The lowest BCUT2D eigenvalue weighted by Crippen LogP contribution is -2.25. The van der Waals surface area contributed by atoms with Gasteiger partial charge in [0.05, 0.1) is 5.56 Å². The fraction of sp³-hybridized carbons (Fsp3) is 0.238. The largest absolute Gasteiger partial charge is 0.486 e. The van der Waals surface area contributed by atoms with E-state index in [4.69, 9.17) is 18.6 Å². The lowest BCUT2D eigenvalue weighted by Gasteiger charge is -2.19. The van der Waals surface area contributed by atoms with Crippen LogP contribution in [0.3, 0.4) is 0 Å². The number of nitrogens with zero attached hydrogens (tertiary/aromatic N) is 1. The predicted octanol–water partition coefficient (Wildman–Crippen LogP) is 3.60. The zero-order valence-electron chi connectivity index (χ0n) is 15.8. The van der Waals surface area contributed by atoms with Gasteiger partial charge in [0.25, 0.3) is 0 Å². The smallest absolute Gasteiger partial charge is 0.414 e. The summed E-state index contributed by atoms with van der Waals surface area (Å²) in [5.74, 6) is 1.61. The molecule has 0 N–H and O–H groups in total. The predicted molar refractivity (Wildman–Crippen MR) is 103 cm³/mol. The summed E-state index contributed by atoms with van der Waals surface area (Å²) in [5.41, 5.74) is 1.81. The molecular formula is C21H19NO6. The van der Waals surface area contributed by atoms with E-state index < -0.39 is 11.7 Å². The van der Waals surface area contributed by atoms with Gasteiger partial charge in [-0.05, 0) is 48.4 Å². The van der Waals surface area contributed by atoms with E-state index in [1.54, 1.807) is 50.5 Å². The van der Waals surface area contributed by atoms with Crippen molar-refractivity contribution in [1.82, 2.24) is 4.90 Å². The van der Waals surface area contributed by atoms with Gasteiger partial charge >= 0.3 is 11.7 Å². The van der Waals surface area contributed by atoms with Crippen molar-refractivity contribution in [3.05, 3.63) is 52.4 Å². The number of hydrogen-bond donors (Lipinski definition) is 0. The van der Waals surface area contributed by atoms with E-state index in [1.807, 2.05) is 6.92 Å². The number of aryl methyl sites for hydroxylation is 1. The average molecular weight is 381 g/mol. The molecule has 7 nitrogen and oxygen atoms in total. The molecule has 0 radical (unpaired) electrons. The molecule has 1 amide bonds. The van der Waals surface area contributed by atoms with E-state index in [0.717, 1.165) is 5.56 Å². The molecule has 144 valence electrons. The van der Waals surface area contributed by atoms with Crippen LogP contribution < -0.4 is 19.8 Å². The summed E-state index contributed by atoms with van der Waals surface area (Å²) < 4.78 is 22.0. The van der Waals surface area contributed by atoms with E-state index in [2.05, 4.69) is 0 Å². The van der Waals surface area contributed by atoms with Crippen molar-refractivity contribution in [2.24, 2.45) is 0 Å². The zero-order valence-corrected chi connectivity index (χ0v) is 15.8. The van der Waals surface area contributed by atoms with Gasteiger partial charge in [-0.3, -0.25) is 0 Å². The van der Waals surface area contributed by atoms with Crippen molar-refractivity contribution in [2.75, 3.05) is 27.3 Å². The maximum absolute atomic E-state index is 12.6. The van der Waals surface area contributed by atoms with Crippen LogP contribution in [0, 0.1) is 6.92 Å². The van der Waals surface area contributed by atoms with Crippen molar-refractivity contribution in [3.8, 4) is 28.4 Å². The quantitative estimate of drug-likeness (QED) is 0.631. The molecule has 7 heteroatoms. The summed E-state index contributed by atoms with van der Waals surface area (Å²) in [6.45, 7) is 2.79. The molecule has 2 heterocycles. The van der Waals surface area contributed by atoms with Crippen LogP contribution in [0.4, 0.5) is 4.79 Å². The summed E-state index contributed by atoms with van der Waals surface area (Å²) >= 11 is 0. The molecule has 0 unspecified atom stereocenters. The second-order valence-corrected chi connectivity index (χ2v) is 6.67. The minimum absolute atomic E-state index is 0.372. The van der Waals surface area contributed by atoms with Gasteiger partial charge in [-0.25, -0.2) is 9.59 Å². The fourth-order valence-corrected chi connectivity index (χ4v) is 3.12. The van der Waals surface area contributed by atoms with E-state index >= 15 is 0 Å². The Balaban J connectivity index is 1.82. The number of ether oxygens (including phenoxy) is 3. The van der Waals surface area contributed by atoms with E-state index in [1.165, 1.54) is 4.90 Å². The van der Waals surface area contributed by atoms with E-state index in [9.17, 15) is 9.59 Å². The van der Waals surface area contributed by atoms with Crippen LogP contribution in [0.25, 0.3) is 22.1 Å². The second kappa shape index (κ2) is 6.92. The first-order chi connectivity index (χ1) is 13.4. The maximum Gasteiger partial charge on any atom is 0.414 e. The van der Waals surface area contributed by atoms with E-state index in [-0.39, 0.29) is 0 Å². The van der Waals surface area contributed by atoms with Gasteiger partial charge in [0.15, 0.2) is 11.5 Å². The Bertz CT molecular complexity index is 1130. The Hall–Kier alpha value is -3.48. The summed E-state index contributed by atoms with van der Waals surface area (Å²) in [6, 6.07) is 10.3. The lowest BCUT2D eigenvalue weighted by atomic mass is 9.99. The van der Waals surface area contributed by atoms with Gasteiger partial charge < -0.3 is 23.5 Å². The van der Waals surface area contributed by atoms with Gasteiger partial charge in [0, 0.05) is 19.5 Å². The Morgan fingerprint density at radius 3 is 2.54 bits per heavy atom. The minimum Gasteiger partial charge on any atom is -0.486 e. The summed E-state index contributed by atoms with van der Waals surface area (Å²) in [6.07, 6.45) is -0.485. The highest BCUT2D eigenvalue weighted by molar-refractivity contribution is 5.88. The molecule has 2 aromatic carbocycles. The number of hydrogen-bond acceptors (Lipinski definition) is 6. The highest BCUT2D eigenvalue weighted by atomic mass is 16.6. The normalized spacial score (nSPS) is 12.7. The second-order valence-electron chi connectivity index (χ2n) is 6.67. The van der Waals surface area contributed by atoms with Crippen molar-refractivity contribution >= 4 is 17.1 Å². The topological polar surface area (TPSA) is 78.2 Å². The van der Waals surface area contributed by atoms with Crippen LogP contribution in [0.1, 0.15) is 5.56 Å². The number of fused-ring (bicyclic) bond motifs is 2. The SMILES string of the molecule is Cc1c(-c2ccc3c(c2)OCCO3)c(=O)oc2ccc(OC(=O)N(C)C)cc12. The number of rotatable bonds is 2. The van der Waals surface area contributed by atoms with Gasteiger partial charge in [0.1, 0.15) is 24.5 Å². The molecule has 0 spiro atoms. The first-order valence-corrected chi connectivity index (χ1v) is 8.80. The highest BCUT2D eigenvalue weighted by Crippen LogP contribution is 2.36. The van der Waals surface area contributed by atoms with Crippen molar-refractivity contribution < 1.29 is 23.4 Å². The molecule has 0 fully saturated rings. The Labute approximate surface area is 161 Å². The van der Waals surface area contributed by atoms with Gasteiger partial charge in [-0.1, -0.05) is 6.07 Å². The van der Waals surface area contributed by atoms with Gasteiger partial charge in [-0.2, -0.15) is 0 Å². The molecule has 0 atom stereocenters. The van der Waals surface area contributed by atoms with Gasteiger partial charge in [0.2, 0.25) is 0 Å². The van der Waals surface area contributed by atoms with Crippen LogP contribution in [0.15, 0.2) is 45.6 Å². The fourth-order valence-electron chi connectivity index (χ4n) is 3.12. The molecule has 3 aromatic rings. The number of benzene rings is 2. The third kappa shape index (κ3) is 3.15. The first kappa shape index (κ1) is 17.9. The lowest BCUT2D eigenvalue weighted by molar-refractivity contribution is 0.171. The molecule has 4 rings (SSSR count). The molecule has 1 aliphatic rings. The van der Waals surface area contributed by atoms with Crippen molar-refractivity contribution in [1.29, 1.82) is 0 Å². The zero-order chi connectivity index (χ0) is 19.8. The molecule has 0 bridgehead atoms. The Morgan fingerprint density at radius 2 is 1.79 bits per heavy atom. The van der Waals surface area contributed by atoms with Crippen molar-refractivity contribution in [2.45, 2.75) is 6.92 Å². The van der Waals surface area contributed by atoms with Crippen LogP contribution in [0.2, 0.25) is 0 Å². The van der Waals surface area contributed by atoms with Crippen LogP contribution in [0.5, 0.6) is 17.2 Å². The van der Waals surface area contributed by atoms with Crippen LogP contribution in [-0.4, -0.2) is 38.3 Å². The molecule has 1 aromatic heterocycles. The Morgan fingerprint density at radius 1 is 1.04 bits per heavy atom. The standard InChI is InChI=1S/C21H19NO6/c1-12-15-11-14(27-21(24)22(2)3)5-7-16(15)28-20(23)19(12)13-4-6-17-18(10-13)26-9-8-25-17/h4-7,10-11H,8-9H2,1-3H3. The molecule has 28 heavy (non-hydrogen) atoms. The van der Waals surface area contributed by atoms with Crippen LogP contribution >= 0.6 is 0 Å². The summed E-state index contributed by atoms with van der Waals surface area (Å²) in [5, 5.41) is 0.688. The van der Waals surface area contributed by atoms with Crippen LogP contribution in [-0.2, 0) is 0 Å². The third-order valence-electron chi connectivity index (χ3n) is 4.54. The molecule has 0 saturated carbocycles. The molecule has 0 saturated heterocycles. The summed E-state index contributed by atoms with van der Waals surface area (Å²) in [7, 11) is 3.21. The monoisotopic (exact) mass is 381 g/mol. The van der Waals surface area contributed by atoms with Gasteiger partial charge in [-0.15, -0.1) is 0 Å². The number of carbonyl (C=O) groups is 1. The average Bonchev–Trinajstić information content (AvgIpc) is 2.68. The Kier molecular flexibility index (Phi) is 4.43.